The summed E-state index contributed by atoms with van der Waals surface area (Å²) in [7, 11) is 1.63. The van der Waals surface area contributed by atoms with Gasteiger partial charge in [-0.2, -0.15) is 0 Å². The number of aromatic nitrogens is 1. The Hall–Kier alpha value is -2.11. The summed E-state index contributed by atoms with van der Waals surface area (Å²) < 4.78 is 0. The van der Waals surface area contributed by atoms with E-state index in [9.17, 15) is 9.59 Å². The lowest BCUT2D eigenvalue weighted by atomic mass is 10.2. The van der Waals surface area contributed by atoms with Crippen molar-refractivity contribution in [2.45, 2.75) is 13.5 Å². The lowest BCUT2D eigenvalue weighted by Crippen LogP contribution is -2.40. The lowest BCUT2D eigenvalue weighted by molar-refractivity contribution is -0.140. The van der Waals surface area contributed by atoms with Gasteiger partial charge in [0.1, 0.15) is 0 Å². The van der Waals surface area contributed by atoms with E-state index in [0.717, 1.165) is 5.69 Å². The van der Waals surface area contributed by atoms with Gasteiger partial charge >= 0.3 is 12.0 Å². The van der Waals surface area contributed by atoms with Crippen molar-refractivity contribution in [3.05, 3.63) is 30.1 Å². The van der Waals surface area contributed by atoms with E-state index < -0.39 is 11.9 Å². The number of amides is 2. The highest BCUT2D eigenvalue weighted by molar-refractivity contribution is 5.75. The van der Waals surface area contributed by atoms with Crippen LogP contribution in [0.4, 0.5) is 4.79 Å². The molecule has 0 spiro atoms. The number of nitrogens with zero attached hydrogens (tertiary/aromatic N) is 2. The average molecular weight is 251 g/mol. The van der Waals surface area contributed by atoms with Crippen LogP contribution in [0.1, 0.15) is 12.6 Å². The number of hydrogen-bond donors (Lipinski definition) is 2. The van der Waals surface area contributed by atoms with Crippen LogP contribution < -0.4 is 5.32 Å². The molecule has 1 atom stereocenters. The van der Waals surface area contributed by atoms with E-state index in [1.807, 2.05) is 12.1 Å². The lowest BCUT2D eigenvalue weighted by Gasteiger charge is -2.18. The first-order valence-corrected chi connectivity index (χ1v) is 5.62. The first-order valence-electron chi connectivity index (χ1n) is 5.62. The molecule has 1 aromatic rings. The van der Waals surface area contributed by atoms with E-state index in [-0.39, 0.29) is 12.6 Å². The smallest absolute Gasteiger partial charge is 0.317 e. The first kappa shape index (κ1) is 14.0. The van der Waals surface area contributed by atoms with Gasteiger partial charge in [-0.05, 0) is 12.1 Å². The van der Waals surface area contributed by atoms with Gasteiger partial charge in [-0.25, -0.2) is 4.79 Å². The van der Waals surface area contributed by atoms with Crippen molar-refractivity contribution in [3.8, 4) is 0 Å². The van der Waals surface area contributed by atoms with Gasteiger partial charge in [0.2, 0.25) is 0 Å². The van der Waals surface area contributed by atoms with Crippen LogP contribution in [-0.4, -0.2) is 40.6 Å². The van der Waals surface area contributed by atoms with Crippen LogP contribution in [0.15, 0.2) is 24.4 Å². The Morgan fingerprint density at radius 2 is 2.22 bits per heavy atom. The van der Waals surface area contributed by atoms with Crippen LogP contribution in [-0.2, 0) is 11.3 Å². The molecule has 0 radical (unpaired) electrons. The Bertz CT molecular complexity index is 408. The Morgan fingerprint density at radius 1 is 1.50 bits per heavy atom. The molecule has 0 aromatic carbocycles. The molecule has 0 aliphatic carbocycles. The fraction of sp³-hybridized carbons (Fsp3) is 0.417. The highest BCUT2D eigenvalue weighted by atomic mass is 16.4. The summed E-state index contributed by atoms with van der Waals surface area (Å²) in [5.74, 6) is -1.53. The summed E-state index contributed by atoms with van der Waals surface area (Å²) in [5, 5.41) is 11.3. The molecule has 1 heterocycles. The Balaban J connectivity index is 2.40. The number of carbonyl (C=O) groups excluding carboxylic acids is 1. The third kappa shape index (κ3) is 4.40. The summed E-state index contributed by atoms with van der Waals surface area (Å²) >= 11 is 0. The molecule has 0 aliphatic rings. The summed E-state index contributed by atoms with van der Waals surface area (Å²) in [4.78, 5) is 27.8. The van der Waals surface area contributed by atoms with Crippen LogP contribution in [0, 0.1) is 5.92 Å². The fourth-order valence-electron chi connectivity index (χ4n) is 1.27. The molecule has 0 bridgehead atoms. The van der Waals surface area contributed by atoms with Crippen LogP contribution in [0.5, 0.6) is 0 Å². The monoisotopic (exact) mass is 251 g/mol. The maximum atomic E-state index is 11.7. The molecule has 0 saturated carbocycles. The van der Waals surface area contributed by atoms with Crippen molar-refractivity contribution in [1.29, 1.82) is 0 Å². The van der Waals surface area contributed by atoms with Crippen LogP contribution in [0.3, 0.4) is 0 Å². The van der Waals surface area contributed by atoms with Gasteiger partial charge in [0.25, 0.3) is 0 Å². The molecular formula is C12H17N3O3. The quantitative estimate of drug-likeness (QED) is 0.816. The molecule has 2 N–H and O–H groups in total. The standard InChI is InChI=1S/C12H17N3O3/c1-9(11(16)17)7-14-12(18)15(2)8-10-5-3-4-6-13-10/h3-6,9H,7-8H2,1-2H3,(H,14,18)(H,16,17). The second kappa shape index (κ2) is 6.58. The van der Waals surface area contributed by atoms with Gasteiger partial charge in [0, 0.05) is 19.8 Å². The number of rotatable bonds is 5. The molecule has 1 aromatic heterocycles. The van der Waals surface area contributed by atoms with E-state index in [1.165, 1.54) is 4.90 Å². The van der Waals surface area contributed by atoms with Crippen molar-refractivity contribution in [3.63, 3.8) is 0 Å². The van der Waals surface area contributed by atoms with Crippen molar-refractivity contribution in [2.75, 3.05) is 13.6 Å². The van der Waals surface area contributed by atoms with Gasteiger partial charge in [0.05, 0.1) is 18.2 Å². The fourth-order valence-corrected chi connectivity index (χ4v) is 1.27. The largest absolute Gasteiger partial charge is 0.481 e. The highest BCUT2D eigenvalue weighted by Gasteiger charge is 2.14. The predicted octanol–water partition coefficient (Wildman–Crippen LogP) is 0.944. The van der Waals surface area contributed by atoms with Crippen LogP contribution in [0.2, 0.25) is 0 Å². The number of urea groups is 1. The minimum absolute atomic E-state index is 0.112. The Morgan fingerprint density at radius 3 is 2.78 bits per heavy atom. The number of hydrogen-bond acceptors (Lipinski definition) is 3. The van der Waals surface area contributed by atoms with Gasteiger partial charge in [0.15, 0.2) is 0 Å². The number of carbonyl (C=O) groups is 2. The first-order chi connectivity index (χ1) is 8.50. The number of carboxylic acid groups (broad SMARTS) is 1. The zero-order valence-electron chi connectivity index (χ0n) is 10.5. The van der Waals surface area contributed by atoms with E-state index in [1.54, 1.807) is 26.2 Å². The van der Waals surface area contributed by atoms with E-state index in [2.05, 4.69) is 10.3 Å². The molecule has 6 nitrogen and oxygen atoms in total. The third-order valence-electron chi connectivity index (χ3n) is 2.45. The molecule has 98 valence electrons. The molecule has 0 fully saturated rings. The molecule has 6 heteroatoms. The van der Waals surface area contributed by atoms with Crippen molar-refractivity contribution < 1.29 is 14.7 Å². The second-order valence-corrected chi connectivity index (χ2v) is 4.10. The maximum absolute atomic E-state index is 11.7. The van der Waals surface area contributed by atoms with E-state index in [4.69, 9.17) is 5.11 Å². The molecular weight excluding hydrogens is 234 g/mol. The zero-order chi connectivity index (χ0) is 13.5. The number of carboxylic acids is 1. The second-order valence-electron chi connectivity index (χ2n) is 4.10. The number of pyridine rings is 1. The average Bonchev–Trinajstić information content (AvgIpc) is 2.36. The number of aliphatic carboxylic acids is 1. The van der Waals surface area contributed by atoms with Gasteiger partial charge in [-0.15, -0.1) is 0 Å². The topological polar surface area (TPSA) is 82.5 Å². The third-order valence-corrected chi connectivity index (χ3v) is 2.45. The molecule has 1 unspecified atom stereocenters. The minimum atomic E-state index is -0.928. The van der Waals surface area contributed by atoms with E-state index >= 15 is 0 Å². The molecule has 1 rings (SSSR count). The SMILES string of the molecule is CC(CNC(=O)N(C)Cc1ccccn1)C(=O)O. The Kier molecular flexibility index (Phi) is 5.10. The highest BCUT2D eigenvalue weighted by Crippen LogP contribution is 1.99. The Labute approximate surface area is 106 Å². The number of nitrogens with one attached hydrogen (secondary N) is 1. The molecule has 18 heavy (non-hydrogen) atoms. The van der Waals surface area contributed by atoms with Gasteiger partial charge < -0.3 is 15.3 Å². The van der Waals surface area contributed by atoms with Crippen LogP contribution in [0.25, 0.3) is 0 Å². The molecule has 0 aliphatic heterocycles. The van der Waals surface area contributed by atoms with Crippen molar-refractivity contribution in [2.24, 2.45) is 5.92 Å². The van der Waals surface area contributed by atoms with Crippen molar-refractivity contribution in [1.82, 2.24) is 15.2 Å². The summed E-state index contributed by atoms with van der Waals surface area (Å²) in [6.45, 7) is 2.04. The summed E-state index contributed by atoms with van der Waals surface area (Å²) in [6.07, 6.45) is 1.66. The predicted molar refractivity (Wildman–Crippen MR) is 65.9 cm³/mol. The van der Waals surface area contributed by atoms with E-state index in [0.29, 0.717) is 6.54 Å². The normalized spacial score (nSPS) is 11.7. The van der Waals surface area contributed by atoms with Crippen molar-refractivity contribution >= 4 is 12.0 Å². The molecule has 0 saturated heterocycles. The summed E-state index contributed by atoms with van der Waals surface area (Å²) in [5.41, 5.74) is 0.779. The van der Waals surface area contributed by atoms with Gasteiger partial charge in [-0.3, -0.25) is 9.78 Å². The zero-order valence-corrected chi connectivity index (χ0v) is 10.5. The van der Waals surface area contributed by atoms with Gasteiger partial charge in [-0.1, -0.05) is 13.0 Å². The minimum Gasteiger partial charge on any atom is -0.481 e. The summed E-state index contributed by atoms with van der Waals surface area (Å²) in [6, 6.07) is 5.16. The van der Waals surface area contributed by atoms with Crippen LogP contribution >= 0.6 is 0 Å². The maximum Gasteiger partial charge on any atom is 0.317 e. The molecule has 2 amide bonds.